The van der Waals surface area contributed by atoms with Crippen LogP contribution < -0.4 is 0 Å². The molecule has 6 heteroatoms. The fraction of sp³-hybridized carbons (Fsp3) is 0.333. The SMILES string of the molecule is CCBr.COC(=O)c1cc(O)cc(C(=O)OC)c1. The van der Waals surface area contributed by atoms with Crippen molar-refractivity contribution < 1.29 is 24.2 Å². The highest BCUT2D eigenvalue weighted by Crippen LogP contribution is 2.17. The topological polar surface area (TPSA) is 72.8 Å². The molecule has 0 aliphatic rings. The van der Waals surface area contributed by atoms with E-state index in [0.29, 0.717) is 0 Å². The Morgan fingerprint density at radius 3 is 1.72 bits per heavy atom. The van der Waals surface area contributed by atoms with E-state index in [1.165, 1.54) is 32.4 Å². The molecule has 0 atom stereocenters. The standard InChI is InChI=1S/C10H10O5.C2H5Br/c1-14-9(12)6-3-7(10(13)15-2)5-8(11)4-6;1-2-3/h3-5,11H,1-2H3;2H2,1H3. The smallest absolute Gasteiger partial charge is 0.338 e. The van der Waals surface area contributed by atoms with Crippen molar-refractivity contribution in [3.8, 4) is 5.75 Å². The largest absolute Gasteiger partial charge is 0.508 e. The summed E-state index contributed by atoms with van der Waals surface area (Å²) >= 11 is 3.15. The van der Waals surface area contributed by atoms with Crippen LogP contribution in [0.3, 0.4) is 0 Å². The third-order valence-corrected chi connectivity index (χ3v) is 1.76. The molecule has 0 spiro atoms. The first kappa shape index (κ1) is 16.4. The highest BCUT2D eigenvalue weighted by atomic mass is 79.9. The van der Waals surface area contributed by atoms with E-state index in [-0.39, 0.29) is 16.9 Å². The average Bonchev–Trinajstić information content (AvgIpc) is 2.37. The molecule has 0 bridgehead atoms. The van der Waals surface area contributed by atoms with Crippen LogP contribution in [0.1, 0.15) is 27.6 Å². The molecule has 0 aromatic heterocycles. The normalized spacial score (nSPS) is 8.89. The Morgan fingerprint density at radius 1 is 1.11 bits per heavy atom. The minimum Gasteiger partial charge on any atom is -0.508 e. The summed E-state index contributed by atoms with van der Waals surface area (Å²) in [5, 5.41) is 10.3. The van der Waals surface area contributed by atoms with Gasteiger partial charge in [0.1, 0.15) is 5.75 Å². The zero-order chi connectivity index (χ0) is 14.1. The fourth-order valence-corrected chi connectivity index (χ4v) is 1.08. The molecule has 5 nitrogen and oxygen atoms in total. The third kappa shape index (κ3) is 5.18. The summed E-state index contributed by atoms with van der Waals surface area (Å²) in [5.41, 5.74) is 0.191. The number of ether oxygens (including phenoxy) is 2. The monoisotopic (exact) mass is 318 g/mol. The van der Waals surface area contributed by atoms with Gasteiger partial charge in [0.15, 0.2) is 0 Å². The number of aromatic hydroxyl groups is 1. The number of hydrogen-bond donors (Lipinski definition) is 1. The minimum absolute atomic E-state index is 0.0953. The van der Waals surface area contributed by atoms with Gasteiger partial charge in [-0.3, -0.25) is 0 Å². The van der Waals surface area contributed by atoms with Gasteiger partial charge in [0, 0.05) is 5.33 Å². The highest BCUT2D eigenvalue weighted by molar-refractivity contribution is 9.09. The Labute approximate surface area is 114 Å². The van der Waals surface area contributed by atoms with Crippen LogP contribution in [0.2, 0.25) is 0 Å². The lowest BCUT2D eigenvalue weighted by Crippen LogP contribution is -2.06. The molecular formula is C12H15BrO5. The van der Waals surface area contributed by atoms with Gasteiger partial charge >= 0.3 is 11.9 Å². The van der Waals surface area contributed by atoms with E-state index < -0.39 is 11.9 Å². The van der Waals surface area contributed by atoms with Crippen molar-refractivity contribution in [1.29, 1.82) is 0 Å². The Morgan fingerprint density at radius 2 is 1.44 bits per heavy atom. The maximum Gasteiger partial charge on any atom is 0.338 e. The molecular weight excluding hydrogens is 304 g/mol. The summed E-state index contributed by atoms with van der Waals surface area (Å²) in [4.78, 5) is 22.3. The van der Waals surface area contributed by atoms with Gasteiger partial charge in [-0.25, -0.2) is 9.59 Å². The van der Waals surface area contributed by atoms with E-state index >= 15 is 0 Å². The van der Waals surface area contributed by atoms with Crippen molar-refractivity contribution in [2.45, 2.75) is 6.92 Å². The maximum atomic E-state index is 11.1. The number of phenolic OH excluding ortho intramolecular Hbond substituents is 1. The van der Waals surface area contributed by atoms with Crippen LogP contribution >= 0.6 is 15.9 Å². The van der Waals surface area contributed by atoms with E-state index in [2.05, 4.69) is 25.4 Å². The van der Waals surface area contributed by atoms with Crippen molar-refractivity contribution >= 4 is 27.9 Å². The van der Waals surface area contributed by atoms with Gasteiger partial charge in [0.25, 0.3) is 0 Å². The van der Waals surface area contributed by atoms with Crippen molar-refractivity contribution in [3.05, 3.63) is 29.3 Å². The second-order valence-corrected chi connectivity index (χ2v) is 4.14. The second kappa shape index (κ2) is 8.52. The summed E-state index contributed by atoms with van der Waals surface area (Å²) in [6.45, 7) is 2.04. The van der Waals surface area contributed by atoms with E-state index in [9.17, 15) is 14.7 Å². The zero-order valence-electron chi connectivity index (χ0n) is 10.4. The quantitative estimate of drug-likeness (QED) is 0.669. The Balaban J connectivity index is 0.000000873. The van der Waals surface area contributed by atoms with Crippen LogP contribution in [0.5, 0.6) is 5.75 Å². The Hall–Kier alpha value is -1.56. The molecule has 0 unspecified atom stereocenters. The molecule has 1 rings (SSSR count). The first-order valence-electron chi connectivity index (χ1n) is 5.06. The lowest BCUT2D eigenvalue weighted by atomic mass is 10.1. The summed E-state index contributed by atoms with van der Waals surface area (Å²) in [6, 6.07) is 3.70. The number of hydrogen-bond acceptors (Lipinski definition) is 5. The lowest BCUT2D eigenvalue weighted by Gasteiger charge is -2.03. The molecule has 0 radical (unpaired) electrons. The van der Waals surface area contributed by atoms with Crippen LogP contribution in [-0.4, -0.2) is 36.6 Å². The van der Waals surface area contributed by atoms with Crippen molar-refractivity contribution in [2.24, 2.45) is 0 Å². The van der Waals surface area contributed by atoms with Gasteiger partial charge in [-0.15, -0.1) is 0 Å². The van der Waals surface area contributed by atoms with Crippen molar-refractivity contribution in [2.75, 3.05) is 19.5 Å². The van der Waals surface area contributed by atoms with Gasteiger partial charge in [0.05, 0.1) is 25.3 Å². The Bertz CT molecular complexity index is 383. The molecule has 0 heterocycles. The van der Waals surface area contributed by atoms with Crippen molar-refractivity contribution in [3.63, 3.8) is 0 Å². The van der Waals surface area contributed by atoms with Crippen LogP contribution in [0.15, 0.2) is 18.2 Å². The molecule has 0 fully saturated rings. The number of benzene rings is 1. The van der Waals surface area contributed by atoms with E-state index in [1.807, 2.05) is 6.92 Å². The van der Waals surface area contributed by atoms with Crippen LogP contribution in [0, 0.1) is 0 Å². The van der Waals surface area contributed by atoms with E-state index in [1.54, 1.807) is 0 Å². The summed E-state index contributed by atoms with van der Waals surface area (Å²) < 4.78 is 8.91. The maximum absolute atomic E-state index is 11.1. The van der Waals surface area contributed by atoms with Gasteiger partial charge in [-0.1, -0.05) is 22.9 Å². The number of halogens is 1. The Kier molecular flexibility index (Phi) is 7.78. The number of rotatable bonds is 2. The molecule has 0 saturated carbocycles. The second-order valence-electron chi connectivity index (χ2n) is 3.02. The number of carbonyl (C=O) groups excluding carboxylic acids is 2. The molecule has 1 aromatic rings. The first-order chi connectivity index (χ1) is 8.49. The minimum atomic E-state index is -0.629. The summed E-state index contributed by atoms with van der Waals surface area (Å²) in [7, 11) is 2.42. The van der Waals surface area contributed by atoms with Gasteiger partial charge in [-0.05, 0) is 18.2 Å². The van der Waals surface area contributed by atoms with Crippen LogP contribution in [0.25, 0.3) is 0 Å². The summed E-state index contributed by atoms with van der Waals surface area (Å²) in [5.74, 6) is -1.45. The molecule has 0 aliphatic carbocycles. The predicted molar refractivity (Wildman–Crippen MR) is 70.3 cm³/mol. The average molecular weight is 319 g/mol. The van der Waals surface area contributed by atoms with Crippen LogP contribution in [0.4, 0.5) is 0 Å². The number of alkyl halides is 1. The molecule has 18 heavy (non-hydrogen) atoms. The number of carbonyl (C=O) groups is 2. The fourth-order valence-electron chi connectivity index (χ4n) is 1.08. The molecule has 1 aromatic carbocycles. The highest BCUT2D eigenvalue weighted by Gasteiger charge is 2.13. The molecule has 0 saturated heterocycles. The first-order valence-corrected chi connectivity index (χ1v) is 6.18. The molecule has 0 aliphatic heterocycles. The third-order valence-electron chi connectivity index (χ3n) is 1.76. The zero-order valence-corrected chi connectivity index (χ0v) is 12.0. The molecule has 100 valence electrons. The van der Waals surface area contributed by atoms with Gasteiger partial charge < -0.3 is 14.6 Å². The number of phenols is 1. The van der Waals surface area contributed by atoms with Gasteiger partial charge in [0.2, 0.25) is 0 Å². The van der Waals surface area contributed by atoms with E-state index in [4.69, 9.17) is 0 Å². The van der Waals surface area contributed by atoms with E-state index in [0.717, 1.165) is 5.33 Å². The molecule has 1 N–H and O–H groups in total. The lowest BCUT2D eigenvalue weighted by molar-refractivity contribution is 0.0598. The molecule has 0 amide bonds. The predicted octanol–water partition coefficient (Wildman–Crippen LogP) is 2.37. The number of esters is 2. The number of methoxy groups -OCH3 is 2. The summed E-state index contributed by atoms with van der Waals surface area (Å²) in [6.07, 6.45) is 0. The van der Waals surface area contributed by atoms with Gasteiger partial charge in [-0.2, -0.15) is 0 Å². The van der Waals surface area contributed by atoms with Crippen molar-refractivity contribution in [1.82, 2.24) is 0 Å². The van der Waals surface area contributed by atoms with Crippen LogP contribution in [-0.2, 0) is 9.47 Å².